The Morgan fingerprint density at radius 2 is 1.96 bits per heavy atom. The Bertz CT molecular complexity index is 1250. The van der Waals surface area contributed by atoms with Gasteiger partial charge in [0, 0.05) is 26.4 Å². The van der Waals surface area contributed by atoms with Crippen molar-refractivity contribution in [1.82, 2.24) is 9.55 Å². The second kappa shape index (κ2) is 7.33. The van der Waals surface area contributed by atoms with Crippen molar-refractivity contribution in [3.8, 4) is 10.4 Å². The van der Waals surface area contributed by atoms with Gasteiger partial charge in [-0.3, -0.25) is 14.2 Å². The monoisotopic (exact) mass is 409 g/mol. The van der Waals surface area contributed by atoms with Gasteiger partial charge in [-0.05, 0) is 56.2 Å². The summed E-state index contributed by atoms with van der Waals surface area (Å²) in [6.07, 6.45) is 1.45. The van der Waals surface area contributed by atoms with E-state index in [-0.39, 0.29) is 18.0 Å². The third-order valence-corrected chi connectivity index (χ3v) is 6.59. The number of amides is 1. The molecular formula is C21H19N3O2S2. The van der Waals surface area contributed by atoms with E-state index in [1.165, 1.54) is 27.1 Å². The second-order valence-electron chi connectivity index (χ2n) is 6.76. The molecule has 0 aliphatic carbocycles. The number of rotatable bonds is 4. The lowest BCUT2D eigenvalue weighted by atomic mass is 10.1. The Labute approximate surface area is 170 Å². The zero-order valence-electron chi connectivity index (χ0n) is 15.8. The first-order valence-electron chi connectivity index (χ1n) is 8.83. The summed E-state index contributed by atoms with van der Waals surface area (Å²) < 4.78 is 1.37. The van der Waals surface area contributed by atoms with Gasteiger partial charge >= 0.3 is 0 Å². The van der Waals surface area contributed by atoms with E-state index < -0.39 is 0 Å². The molecule has 1 N–H and O–H groups in total. The summed E-state index contributed by atoms with van der Waals surface area (Å²) in [7, 11) is 0. The maximum atomic E-state index is 13.0. The molecule has 0 aliphatic rings. The molecule has 0 atom stereocenters. The van der Waals surface area contributed by atoms with Crippen LogP contribution in [0.3, 0.4) is 0 Å². The number of hydrogen-bond donors (Lipinski definition) is 1. The number of thiophene rings is 2. The molecule has 3 aromatic heterocycles. The summed E-state index contributed by atoms with van der Waals surface area (Å²) in [4.78, 5) is 32.8. The molecule has 0 radical (unpaired) electrons. The van der Waals surface area contributed by atoms with Gasteiger partial charge in [0.2, 0.25) is 5.91 Å². The van der Waals surface area contributed by atoms with Crippen LogP contribution in [0.15, 0.2) is 46.8 Å². The average Bonchev–Trinajstić information content (AvgIpc) is 3.27. The quantitative estimate of drug-likeness (QED) is 0.529. The lowest BCUT2D eigenvalue weighted by Gasteiger charge is -2.09. The Kier molecular flexibility index (Phi) is 4.87. The highest BCUT2D eigenvalue weighted by atomic mass is 32.1. The first kappa shape index (κ1) is 18.6. The van der Waals surface area contributed by atoms with E-state index >= 15 is 0 Å². The molecule has 5 nitrogen and oxygen atoms in total. The molecule has 1 amide bonds. The smallest absolute Gasteiger partial charge is 0.263 e. The molecule has 1 aromatic carbocycles. The second-order valence-corrected chi connectivity index (χ2v) is 8.91. The van der Waals surface area contributed by atoms with Crippen LogP contribution in [-0.2, 0) is 11.3 Å². The highest BCUT2D eigenvalue weighted by molar-refractivity contribution is 7.19. The van der Waals surface area contributed by atoms with Crippen LogP contribution in [0.4, 0.5) is 5.69 Å². The summed E-state index contributed by atoms with van der Waals surface area (Å²) in [5, 5.41) is 5.39. The maximum Gasteiger partial charge on any atom is 0.263 e. The van der Waals surface area contributed by atoms with Crippen LogP contribution in [-0.4, -0.2) is 15.5 Å². The fourth-order valence-corrected chi connectivity index (χ4v) is 4.88. The van der Waals surface area contributed by atoms with Gasteiger partial charge in [-0.15, -0.1) is 22.7 Å². The molecule has 0 saturated carbocycles. The molecule has 0 saturated heterocycles. The largest absolute Gasteiger partial charge is 0.325 e. The fraction of sp³-hybridized carbons (Fsp3) is 0.190. The summed E-state index contributed by atoms with van der Waals surface area (Å²) in [5.74, 6) is -0.254. The summed E-state index contributed by atoms with van der Waals surface area (Å²) in [5.41, 5.74) is 3.69. The van der Waals surface area contributed by atoms with Crippen molar-refractivity contribution < 1.29 is 4.79 Å². The zero-order valence-corrected chi connectivity index (χ0v) is 17.4. The van der Waals surface area contributed by atoms with Gasteiger partial charge in [-0.2, -0.15) is 0 Å². The molecule has 0 spiro atoms. The number of aromatic nitrogens is 2. The van der Waals surface area contributed by atoms with Crippen molar-refractivity contribution in [1.29, 1.82) is 0 Å². The van der Waals surface area contributed by atoms with Gasteiger partial charge < -0.3 is 5.32 Å². The lowest BCUT2D eigenvalue weighted by molar-refractivity contribution is -0.116. The van der Waals surface area contributed by atoms with Crippen LogP contribution in [0.5, 0.6) is 0 Å². The standard InChI is InChI=1S/C21H19N3O2S2/c1-12-4-6-15(8-13(12)2)23-18(25)9-24-11-22-20-19(21(24)26)16(10-27-20)17-7-5-14(3)28-17/h4-8,10-11H,9H2,1-3H3,(H,23,25). The molecule has 7 heteroatoms. The van der Waals surface area contributed by atoms with E-state index in [2.05, 4.69) is 10.3 Å². The number of hydrogen-bond acceptors (Lipinski definition) is 5. The van der Waals surface area contributed by atoms with Crippen molar-refractivity contribution in [2.45, 2.75) is 27.3 Å². The molecule has 4 aromatic rings. The van der Waals surface area contributed by atoms with Gasteiger partial charge in [-0.25, -0.2) is 4.98 Å². The molecule has 3 heterocycles. The summed E-state index contributed by atoms with van der Waals surface area (Å²) >= 11 is 3.09. The number of fused-ring (bicyclic) bond motifs is 1. The Hall–Kier alpha value is -2.77. The van der Waals surface area contributed by atoms with Crippen LogP contribution < -0.4 is 10.9 Å². The number of carbonyl (C=O) groups excluding carboxylic acids is 1. The van der Waals surface area contributed by atoms with Gasteiger partial charge in [0.25, 0.3) is 5.56 Å². The molecule has 28 heavy (non-hydrogen) atoms. The molecule has 142 valence electrons. The molecule has 0 aliphatic heterocycles. The number of nitrogens with zero attached hydrogens (tertiary/aromatic N) is 2. The number of carbonyl (C=O) groups is 1. The van der Waals surface area contributed by atoms with E-state index in [1.54, 1.807) is 11.3 Å². The Morgan fingerprint density at radius 3 is 2.68 bits per heavy atom. The molecule has 4 rings (SSSR count). The maximum absolute atomic E-state index is 13.0. The van der Waals surface area contributed by atoms with E-state index in [0.29, 0.717) is 10.2 Å². The van der Waals surface area contributed by atoms with E-state index in [9.17, 15) is 9.59 Å². The molecule has 0 unspecified atom stereocenters. The minimum Gasteiger partial charge on any atom is -0.325 e. The van der Waals surface area contributed by atoms with Gasteiger partial charge in [-0.1, -0.05) is 6.07 Å². The number of aryl methyl sites for hydroxylation is 3. The van der Waals surface area contributed by atoms with E-state index in [0.717, 1.165) is 27.3 Å². The topological polar surface area (TPSA) is 64.0 Å². The predicted octanol–water partition coefficient (Wildman–Crippen LogP) is 4.75. The van der Waals surface area contributed by atoms with Crippen LogP contribution in [0.2, 0.25) is 0 Å². The van der Waals surface area contributed by atoms with Crippen LogP contribution in [0.1, 0.15) is 16.0 Å². The number of benzene rings is 1. The normalized spacial score (nSPS) is 11.1. The average molecular weight is 410 g/mol. The summed E-state index contributed by atoms with van der Waals surface area (Å²) in [6.45, 7) is 5.98. The molecule has 0 fully saturated rings. The zero-order chi connectivity index (χ0) is 19.8. The van der Waals surface area contributed by atoms with Crippen LogP contribution >= 0.6 is 22.7 Å². The van der Waals surface area contributed by atoms with Crippen molar-refractivity contribution in [3.63, 3.8) is 0 Å². The minimum absolute atomic E-state index is 0.0759. The highest BCUT2D eigenvalue weighted by Crippen LogP contribution is 2.34. The predicted molar refractivity (Wildman–Crippen MR) is 116 cm³/mol. The van der Waals surface area contributed by atoms with Crippen molar-refractivity contribution >= 4 is 44.5 Å². The number of anilines is 1. The molecule has 0 bridgehead atoms. The third-order valence-electron chi connectivity index (χ3n) is 4.67. The third kappa shape index (κ3) is 3.50. The van der Waals surface area contributed by atoms with E-state index in [1.807, 2.05) is 56.5 Å². The van der Waals surface area contributed by atoms with Crippen LogP contribution in [0, 0.1) is 20.8 Å². The van der Waals surface area contributed by atoms with Crippen LogP contribution in [0.25, 0.3) is 20.7 Å². The highest BCUT2D eigenvalue weighted by Gasteiger charge is 2.16. The van der Waals surface area contributed by atoms with Gasteiger partial charge in [0.1, 0.15) is 11.4 Å². The Balaban J connectivity index is 1.63. The van der Waals surface area contributed by atoms with Crippen molar-refractivity contribution in [2.75, 3.05) is 5.32 Å². The van der Waals surface area contributed by atoms with Gasteiger partial charge in [0.05, 0.1) is 11.7 Å². The first-order valence-corrected chi connectivity index (χ1v) is 10.5. The summed E-state index contributed by atoms with van der Waals surface area (Å²) in [6, 6.07) is 9.81. The van der Waals surface area contributed by atoms with E-state index in [4.69, 9.17) is 0 Å². The Morgan fingerprint density at radius 1 is 1.14 bits per heavy atom. The fourth-order valence-electron chi connectivity index (χ4n) is 3.02. The first-order chi connectivity index (χ1) is 13.4. The van der Waals surface area contributed by atoms with Crippen molar-refractivity contribution in [2.24, 2.45) is 0 Å². The lowest BCUT2D eigenvalue weighted by Crippen LogP contribution is -2.27. The molecular weight excluding hydrogens is 390 g/mol. The minimum atomic E-state index is -0.254. The SMILES string of the molecule is Cc1ccc(-c2csc3ncn(CC(=O)Nc4ccc(C)c(C)c4)c(=O)c23)s1. The number of nitrogens with one attached hydrogen (secondary N) is 1. The van der Waals surface area contributed by atoms with Crippen molar-refractivity contribution in [3.05, 3.63) is 68.4 Å². The van der Waals surface area contributed by atoms with Gasteiger partial charge in [0.15, 0.2) is 0 Å².